The minimum atomic E-state index is -1.09. The second-order valence-electron chi connectivity index (χ2n) is 5.51. The second-order valence-corrected chi connectivity index (χ2v) is 6.73. The van der Waals surface area contributed by atoms with Crippen molar-refractivity contribution < 1.29 is 24.2 Å². The lowest BCUT2D eigenvalue weighted by atomic mass is 9.92. The summed E-state index contributed by atoms with van der Waals surface area (Å²) in [5.41, 5.74) is -1.09. The van der Waals surface area contributed by atoms with E-state index in [2.05, 4.69) is 5.32 Å². The van der Waals surface area contributed by atoms with Gasteiger partial charge in [-0.15, -0.1) is 0 Å². The van der Waals surface area contributed by atoms with Crippen molar-refractivity contribution in [3.8, 4) is 0 Å². The molecule has 0 aliphatic carbocycles. The molecule has 2 saturated heterocycles. The van der Waals surface area contributed by atoms with Crippen molar-refractivity contribution in [2.75, 3.05) is 31.3 Å². The molecular weight excluding hydrogens is 294 g/mol. The molecule has 21 heavy (non-hydrogen) atoms. The van der Waals surface area contributed by atoms with Gasteiger partial charge < -0.3 is 19.9 Å². The van der Waals surface area contributed by atoms with E-state index in [0.29, 0.717) is 26.1 Å². The average Bonchev–Trinajstić information content (AvgIpc) is 2.98. The zero-order chi connectivity index (χ0) is 15.1. The Morgan fingerprint density at radius 2 is 2.14 bits per heavy atom. The first-order valence-electron chi connectivity index (χ1n) is 7.44. The third-order valence-corrected chi connectivity index (χ3v) is 4.92. The van der Waals surface area contributed by atoms with Gasteiger partial charge in [0.2, 0.25) is 5.91 Å². The molecular formula is C14H23NO5S. The zero-order valence-corrected chi connectivity index (χ0v) is 13.0. The SMILES string of the molecule is O=C(CCOCC1CCCO1)NC1(C(=O)O)CCSCC1. The Labute approximate surface area is 128 Å². The summed E-state index contributed by atoms with van der Waals surface area (Å²) in [6.07, 6.45) is 3.37. The topological polar surface area (TPSA) is 84.9 Å². The molecule has 0 aromatic heterocycles. The first-order valence-corrected chi connectivity index (χ1v) is 8.59. The van der Waals surface area contributed by atoms with E-state index in [0.717, 1.165) is 31.0 Å². The van der Waals surface area contributed by atoms with Crippen molar-refractivity contribution in [1.82, 2.24) is 5.32 Å². The van der Waals surface area contributed by atoms with E-state index in [1.807, 2.05) is 0 Å². The Hall–Kier alpha value is -0.790. The molecule has 0 bridgehead atoms. The van der Waals surface area contributed by atoms with Crippen molar-refractivity contribution in [2.24, 2.45) is 0 Å². The standard InChI is InChI=1S/C14H23NO5S/c16-12(3-7-19-10-11-2-1-6-20-11)15-14(13(17)18)4-8-21-9-5-14/h11H,1-10H2,(H,15,16)(H,17,18). The lowest BCUT2D eigenvalue weighted by molar-refractivity contribution is -0.148. The highest BCUT2D eigenvalue weighted by atomic mass is 32.2. The van der Waals surface area contributed by atoms with Gasteiger partial charge in [-0.05, 0) is 37.2 Å². The van der Waals surface area contributed by atoms with Crippen molar-refractivity contribution >= 4 is 23.6 Å². The molecule has 1 atom stereocenters. The molecule has 0 spiro atoms. The number of carboxylic acids is 1. The molecule has 1 amide bonds. The molecule has 2 aliphatic rings. The highest BCUT2D eigenvalue weighted by Gasteiger charge is 2.41. The van der Waals surface area contributed by atoms with Crippen molar-refractivity contribution in [3.05, 3.63) is 0 Å². The summed E-state index contributed by atoms with van der Waals surface area (Å²) >= 11 is 1.72. The fraction of sp³-hybridized carbons (Fsp3) is 0.857. The van der Waals surface area contributed by atoms with Gasteiger partial charge in [-0.2, -0.15) is 11.8 Å². The largest absolute Gasteiger partial charge is 0.480 e. The molecule has 0 aromatic carbocycles. The molecule has 2 aliphatic heterocycles. The predicted molar refractivity (Wildman–Crippen MR) is 79.5 cm³/mol. The normalized spacial score (nSPS) is 24.7. The van der Waals surface area contributed by atoms with Crippen LogP contribution in [0.2, 0.25) is 0 Å². The maximum atomic E-state index is 11.9. The maximum Gasteiger partial charge on any atom is 0.329 e. The van der Waals surface area contributed by atoms with Crippen LogP contribution in [0.3, 0.4) is 0 Å². The Kier molecular flexibility index (Phi) is 6.32. The molecule has 6 nitrogen and oxygen atoms in total. The van der Waals surface area contributed by atoms with Gasteiger partial charge in [-0.3, -0.25) is 4.79 Å². The van der Waals surface area contributed by atoms with E-state index in [-0.39, 0.29) is 18.4 Å². The monoisotopic (exact) mass is 317 g/mol. The van der Waals surface area contributed by atoms with Crippen LogP contribution in [0, 0.1) is 0 Å². The summed E-state index contributed by atoms with van der Waals surface area (Å²) in [6.45, 7) is 1.60. The third-order valence-electron chi connectivity index (χ3n) is 3.94. The van der Waals surface area contributed by atoms with E-state index in [1.54, 1.807) is 11.8 Å². The Morgan fingerprint density at radius 3 is 2.76 bits per heavy atom. The van der Waals surface area contributed by atoms with Gasteiger partial charge in [-0.1, -0.05) is 0 Å². The van der Waals surface area contributed by atoms with E-state index in [4.69, 9.17) is 9.47 Å². The van der Waals surface area contributed by atoms with Crippen LogP contribution in [0.4, 0.5) is 0 Å². The fourth-order valence-corrected chi connectivity index (χ4v) is 3.79. The summed E-state index contributed by atoms with van der Waals surface area (Å²) in [4.78, 5) is 23.4. The number of aliphatic carboxylic acids is 1. The van der Waals surface area contributed by atoms with Crippen LogP contribution in [-0.4, -0.2) is 60.0 Å². The van der Waals surface area contributed by atoms with Gasteiger partial charge >= 0.3 is 5.97 Å². The lowest BCUT2D eigenvalue weighted by Crippen LogP contribution is -2.56. The summed E-state index contributed by atoms with van der Waals surface area (Å²) in [7, 11) is 0. The third kappa shape index (κ3) is 4.86. The average molecular weight is 317 g/mol. The van der Waals surface area contributed by atoms with Gasteiger partial charge in [0.15, 0.2) is 0 Å². The van der Waals surface area contributed by atoms with Crippen LogP contribution in [-0.2, 0) is 19.1 Å². The van der Waals surface area contributed by atoms with Gasteiger partial charge in [-0.25, -0.2) is 4.79 Å². The number of rotatable bonds is 7. The van der Waals surface area contributed by atoms with Crippen LogP contribution < -0.4 is 5.32 Å². The molecule has 2 N–H and O–H groups in total. The minimum Gasteiger partial charge on any atom is -0.480 e. The summed E-state index contributed by atoms with van der Waals surface area (Å²) in [6, 6.07) is 0. The minimum absolute atomic E-state index is 0.147. The highest BCUT2D eigenvalue weighted by Crippen LogP contribution is 2.27. The Bertz CT molecular complexity index is 364. The molecule has 2 fully saturated rings. The predicted octanol–water partition coefficient (Wildman–Crippen LogP) is 1.04. The van der Waals surface area contributed by atoms with Gasteiger partial charge in [0.1, 0.15) is 5.54 Å². The lowest BCUT2D eigenvalue weighted by Gasteiger charge is -2.33. The second kappa shape index (κ2) is 8.00. The van der Waals surface area contributed by atoms with E-state index < -0.39 is 11.5 Å². The number of ether oxygens (including phenoxy) is 2. The molecule has 120 valence electrons. The number of amides is 1. The highest BCUT2D eigenvalue weighted by molar-refractivity contribution is 7.99. The molecule has 7 heteroatoms. The van der Waals surface area contributed by atoms with Crippen LogP contribution in [0.15, 0.2) is 0 Å². The molecule has 0 aromatic rings. The van der Waals surface area contributed by atoms with Crippen molar-refractivity contribution in [3.63, 3.8) is 0 Å². The number of hydrogen-bond acceptors (Lipinski definition) is 5. The first-order chi connectivity index (χ1) is 10.1. The number of carbonyl (C=O) groups is 2. The number of carboxylic acid groups (broad SMARTS) is 1. The van der Waals surface area contributed by atoms with Gasteiger partial charge in [0.05, 0.1) is 19.3 Å². The number of nitrogens with one attached hydrogen (secondary N) is 1. The van der Waals surface area contributed by atoms with Crippen LogP contribution >= 0.6 is 11.8 Å². The number of thioether (sulfide) groups is 1. The molecule has 0 saturated carbocycles. The number of carbonyl (C=O) groups excluding carboxylic acids is 1. The van der Waals surface area contributed by atoms with Crippen LogP contribution in [0.1, 0.15) is 32.1 Å². The molecule has 2 rings (SSSR count). The molecule has 1 unspecified atom stereocenters. The van der Waals surface area contributed by atoms with Crippen LogP contribution in [0.5, 0.6) is 0 Å². The molecule has 2 heterocycles. The maximum absolute atomic E-state index is 11.9. The fourth-order valence-electron chi connectivity index (χ4n) is 2.60. The van der Waals surface area contributed by atoms with Crippen molar-refractivity contribution in [1.29, 1.82) is 0 Å². The molecule has 0 radical (unpaired) electrons. The van der Waals surface area contributed by atoms with Gasteiger partial charge in [0.25, 0.3) is 0 Å². The quantitative estimate of drug-likeness (QED) is 0.683. The number of hydrogen-bond donors (Lipinski definition) is 2. The Morgan fingerprint density at radius 1 is 1.38 bits per heavy atom. The first kappa shape index (κ1) is 16.6. The Balaban J connectivity index is 1.68. The summed E-state index contributed by atoms with van der Waals surface area (Å²) in [5, 5.41) is 12.1. The smallest absolute Gasteiger partial charge is 0.329 e. The van der Waals surface area contributed by atoms with E-state index in [9.17, 15) is 14.7 Å². The summed E-state index contributed by atoms with van der Waals surface area (Å²) < 4.78 is 10.9. The van der Waals surface area contributed by atoms with Crippen LogP contribution in [0.25, 0.3) is 0 Å². The zero-order valence-electron chi connectivity index (χ0n) is 12.1. The van der Waals surface area contributed by atoms with Gasteiger partial charge in [0, 0.05) is 13.0 Å². The van der Waals surface area contributed by atoms with E-state index >= 15 is 0 Å². The summed E-state index contributed by atoms with van der Waals surface area (Å²) in [5.74, 6) is 0.345. The van der Waals surface area contributed by atoms with E-state index in [1.165, 1.54) is 0 Å². The van der Waals surface area contributed by atoms with Crippen molar-refractivity contribution in [2.45, 2.75) is 43.7 Å².